The minimum atomic E-state index is 0.195. The zero-order valence-corrected chi connectivity index (χ0v) is 9.48. The van der Waals surface area contributed by atoms with Crippen molar-refractivity contribution in [2.24, 2.45) is 4.99 Å². The van der Waals surface area contributed by atoms with Crippen molar-refractivity contribution >= 4 is 49.7 Å². The highest BCUT2D eigenvalue weighted by Gasteiger charge is 2.19. The molecule has 14 heavy (non-hydrogen) atoms. The molecule has 0 spiro atoms. The van der Waals surface area contributed by atoms with Gasteiger partial charge in [-0.25, -0.2) is 4.99 Å². The lowest BCUT2D eigenvalue weighted by Crippen LogP contribution is -2.12. The highest BCUT2D eigenvalue weighted by molar-refractivity contribution is 9.10. The minimum absolute atomic E-state index is 0.195. The molecule has 0 saturated carbocycles. The van der Waals surface area contributed by atoms with Gasteiger partial charge >= 0.3 is 0 Å². The van der Waals surface area contributed by atoms with Crippen LogP contribution in [0.3, 0.4) is 0 Å². The van der Waals surface area contributed by atoms with Gasteiger partial charge in [-0.15, -0.1) is 0 Å². The summed E-state index contributed by atoms with van der Waals surface area (Å²) in [5, 5.41) is 7.81. The molecule has 0 atom stereocenters. The molecule has 1 aromatic carbocycles. The van der Waals surface area contributed by atoms with Gasteiger partial charge < -0.3 is 0 Å². The molecule has 0 radical (unpaired) electrons. The van der Waals surface area contributed by atoms with E-state index in [1.54, 1.807) is 0 Å². The number of nitrogens with one attached hydrogen (secondary N) is 1. The number of halogens is 2. The predicted molar refractivity (Wildman–Crippen MR) is 63.9 cm³/mol. The molecule has 1 aliphatic heterocycles. The molecule has 0 fully saturated rings. The summed E-state index contributed by atoms with van der Waals surface area (Å²) >= 11 is 9.14. The molecule has 0 aromatic heterocycles. The van der Waals surface area contributed by atoms with Crippen LogP contribution in [0.4, 0.5) is 5.69 Å². The van der Waals surface area contributed by atoms with Gasteiger partial charge in [-0.2, -0.15) is 0 Å². The average molecular weight is 270 g/mol. The maximum absolute atomic E-state index is 7.61. The third kappa shape index (κ3) is 1.42. The third-order valence-corrected chi connectivity index (χ3v) is 2.78. The third-order valence-electron chi connectivity index (χ3n) is 2.01. The lowest BCUT2D eigenvalue weighted by atomic mass is 9.99. The van der Waals surface area contributed by atoms with E-state index in [4.69, 9.17) is 17.0 Å². The summed E-state index contributed by atoms with van der Waals surface area (Å²) in [4.78, 5) is 4.10. The first-order valence-corrected chi connectivity index (χ1v) is 5.09. The molecular formula is C10H6BrClN2. The Kier molecular flexibility index (Phi) is 2.29. The first-order chi connectivity index (χ1) is 6.59. The molecule has 0 aliphatic carbocycles. The molecule has 1 N–H and O–H groups in total. The molecule has 1 aromatic rings. The molecule has 0 amide bonds. The van der Waals surface area contributed by atoms with Gasteiger partial charge in [0, 0.05) is 15.6 Å². The topological polar surface area (TPSA) is 36.2 Å². The lowest BCUT2D eigenvalue weighted by molar-refractivity contribution is 1.45. The van der Waals surface area contributed by atoms with E-state index in [0.29, 0.717) is 5.57 Å². The Bertz CT molecular complexity index is 477. The Balaban J connectivity index is 2.69. The summed E-state index contributed by atoms with van der Waals surface area (Å²) in [7, 11) is 0. The fourth-order valence-electron chi connectivity index (χ4n) is 1.27. The standard InChI is InChI=1S/C10H6BrClN2/c1-5-7-3-2-6(11)4-8(7)14-10(12)9(5)13/h2-4,13H,1H2. The van der Waals surface area contributed by atoms with Gasteiger partial charge in [0.2, 0.25) is 0 Å². The molecule has 0 unspecified atom stereocenters. The average Bonchev–Trinajstić information content (AvgIpc) is 2.14. The Hall–Kier alpha value is -0.930. The quantitative estimate of drug-likeness (QED) is 0.744. The summed E-state index contributed by atoms with van der Waals surface area (Å²) in [6.45, 7) is 3.81. The maximum atomic E-state index is 7.61. The second-order valence-corrected chi connectivity index (χ2v) is 4.19. The van der Waals surface area contributed by atoms with E-state index in [1.165, 1.54) is 0 Å². The zero-order chi connectivity index (χ0) is 10.3. The van der Waals surface area contributed by atoms with Crippen LogP contribution in [-0.2, 0) is 0 Å². The van der Waals surface area contributed by atoms with Gasteiger partial charge in [0.1, 0.15) is 0 Å². The lowest BCUT2D eigenvalue weighted by Gasteiger charge is -2.15. The number of benzene rings is 1. The fraction of sp³-hybridized carbons (Fsp3) is 0. The van der Waals surface area contributed by atoms with Gasteiger partial charge in [0.05, 0.1) is 11.4 Å². The Labute approximate surface area is 94.9 Å². The molecule has 0 saturated heterocycles. The Morgan fingerprint density at radius 1 is 1.43 bits per heavy atom. The van der Waals surface area contributed by atoms with E-state index >= 15 is 0 Å². The van der Waals surface area contributed by atoms with Crippen molar-refractivity contribution in [1.82, 2.24) is 0 Å². The molecule has 4 heteroatoms. The van der Waals surface area contributed by atoms with Crippen LogP contribution in [0.5, 0.6) is 0 Å². The van der Waals surface area contributed by atoms with Crippen molar-refractivity contribution in [3.05, 3.63) is 34.8 Å². The first-order valence-electron chi connectivity index (χ1n) is 3.92. The summed E-state index contributed by atoms with van der Waals surface area (Å²) in [5.74, 6) is 0. The number of fused-ring (bicyclic) bond motifs is 1. The van der Waals surface area contributed by atoms with E-state index in [-0.39, 0.29) is 10.9 Å². The largest absolute Gasteiger partial charge is 0.297 e. The van der Waals surface area contributed by atoms with Gasteiger partial charge in [0.25, 0.3) is 0 Å². The monoisotopic (exact) mass is 268 g/mol. The van der Waals surface area contributed by atoms with Crippen LogP contribution in [0, 0.1) is 5.41 Å². The Morgan fingerprint density at radius 2 is 2.14 bits per heavy atom. The van der Waals surface area contributed by atoms with Crippen LogP contribution >= 0.6 is 27.5 Å². The van der Waals surface area contributed by atoms with Crippen LogP contribution in [0.25, 0.3) is 5.57 Å². The van der Waals surface area contributed by atoms with E-state index in [0.717, 1.165) is 15.7 Å². The first kappa shape index (κ1) is 9.62. The van der Waals surface area contributed by atoms with Crippen molar-refractivity contribution < 1.29 is 0 Å². The van der Waals surface area contributed by atoms with Crippen LogP contribution in [0.2, 0.25) is 0 Å². The van der Waals surface area contributed by atoms with E-state index in [1.807, 2.05) is 18.2 Å². The number of hydrogen-bond acceptors (Lipinski definition) is 2. The van der Waals surface area contributed by atoms with Crippen molar-refractivity contribution in [3.8, 4) is 0 Å². The molecular weight excluding hydrogens is 263 g/mol. The van der Waals surface area contributed by atoms with Gasteiger partial charge in [-0.3, -0.25) is 5.41 Å². The number of hydrogen-bond donors (Lipinski definition) is 1. The fourth-order valence-corrected chi connectivity index (χ4v) is 1.83. The molecule has 0 bridgehead atoms. The van der Waals surface area contributed by atoms with Gasteiger partial charge in [-0.05, 0) is 12.1 Å². The summed E-state index contributed by atoms with van der Waals surface area (Å²) in [6.07, 6.45) is 0. The highest BCUT2D eigenvalue weighted by Crippen LogP contribution is 2.33. The van der Waals surface area contributed by atoms with E-state index < -0.39 is 0 Å². The SMILES string of the molecule is C=C1C(=N)C(Cl)=Nc2cc(Br)ccc21. The van der Waals surface area contributed by atoms with Crippen LogP contribution in [-0.4, -0.2) is 10.9 Å². The molecule has 2 rings (SSSR count). The summed E-state index contributed by atoms with van der Waals surface area (Å²) in [6, 6.07) is 5.63. The number of rotatable bonds is 0. The van der Waals surface area contributed by atoms with Gasteiger partial charge in [0.15, 0.2) is 5.17 Å². The Morgan fingerprint density at radius 3 is 2.86 bits per heavy atom. The zero-order valence-electron chi connectivity index (χ0n) is 7.14. The predicted octanol–water partition coefficient (Wildman–Crippen LogP) is 3.76. The highest BCUT2D eigenvalue weighted by atomic mass is 79.9. The summed E-state index contributed by atoms with van der Waals surface area (Å²) in [5.41, 5.74) is 2.43. The molecule has 1 aliphatic rings. The molecule has 1 heterocycles. The van der Waals surface area contributed by atoms with Crippen LogP contribution < -0.4 is 0 Å². The van der Waals surface area contributed by atoms with Crippen molar-refractivity contribution in [1.29, 1.82) is 5.41 Å². The van der Waals surface area contributed by atoms with E-state index in [9.17, 15) is 0 Å². The molecule has 2 nitrogen and oxygen atoms in total. The smallest absolute Gasteiger partial charge is 0.155 e. The second-order valence-electron chi connectivity index (χ2n) is 2.92. The van der Waals surface area contributed by atoms with Crippen molar-refractivity contribution in [2.75, 3.05) is 0 Å². The second kappa shape index (κ2) is 3.33. The van der Waals surface area contributed by atoms with Crippen LogP contribution in [0.1, 0.15) is 5.56 Å². The number of nitrogens with zero attached hydrogens (tertiary/aromatic N) is 1. The normalized spacial score (nSPS) is 15.1. The van der Waals surface area contributed by atoms with Crippen LogP contribution in [0.15, 0.2) is 34.2 Å². The van der Waals surface area contributed by atoms with Gasteiger partial charge in [-0.1, -0.05) is 40.2 Å². The number of aliphatic imine (C=N–C) groups is 1. The van der Waals surface area contributed by atoms with Crippen molar-refractivity contribution in [3.63, 3.8) is 0 Å². The maximum Gasteiger partial charge on any atom is 0.155 e. The summed E-state index contributed by atoms with van der Waals surface area (Å²) < 4.78 is 0.936. The number of allylic oxidation sites excluding steroid dienone is 1. The van der Waals surface area contributed by atoms with E-state index in [2.05, 4.69) is 27.5 Å². The minimum Gasteiger partial charge on any atom is -0.297 e. The molecule has 70 valence electrons. The van der Waals surface area contributed by atoms with Crippen molar-refractivity contribution in [2.45, 2.75) is 0 Å².